The fourth-order valence-corrected chi connectivity index (χ4v) is 2.61. The summed E-state index contributed by atoms with van der Waals surface area (Å²) in [6.45, 7) is 2.35. The van der Waals surface area contributed by atoms with Crippen LogP contribution in [0.5, 0.6) is 0 Å². The van der Waals surface area contributed by atoms with Crippen LogP contribution in [0.25, 0.3) is 0 Å². The van der Waals surface area contributed by atoms with Crippen molar-refractivity contribution in [2.75, 3.05) is 6.54 Å². The van der Waals surface area contributed by atoms with E-state index in [9.17, 15) is 19.5 Å². The maximum absolute atomic E-state index is 12.4. The Kier molecular flexibility index (Phi) is 5.97. The zero-order chi connectivity index (χ0) is 21.0. The first-order valence-corrected chi connectivity index (χ1v) is 8.86. The highest BCUT2D eigenvalue weighted by molar-refractivity contribution is 5.93. The van der Waals surface area contributed by atoms with E-state index in [0.29, 0.717) is 6.54 Å². The zero-order valence-electron chi connectivity index (χ0n) is 16.0. The summed E-state index contributed by atoms with van der Waals surface area (Å²) in [5.74, 6) is -0.395. The Labute approximate surface area is 164 Å². The Morgan fingerprint density at radius 3 is 2.83 bits per heavy atom. The normalized spacial score (nSPS) is 12.1. The van der Waals surface area contributed by atoms with E-state index in [0.717, 1.165) is 9.13 Å². The van der Waals surface area contributed by atoms with Gasteiger partial charge in [0.1, 0.15) is 5.56 Å². The van der Waals surface area contributed by atoms with E-state index in [4.69, 9.17) is 0 Å². The third-order valence-electron chi connectivity index (χ3n) is 4.02. The van der Waals surface area contributed by atoms with E-state index in [-0.39, 0.29) is 31.0 Å². The van der Waals surface area contributed by atoms with Crippen LogP contribution in [0.3, 0.4) is 0 Å². The van der Waals surface area contributed by atoms with Gasteiger partial charge in [0.15, 0.2) is 5.82 Å². The van der Waals surface area contributed by atoms with Gasteiger partial charge >= 0.3 is 5.69 Å². The highest BCUT2D eigenvalue weighted by Crippen LogP contribution is 1.96. The van der Waals surface area contributed by atoms with Crippen LogP contribution >= 0.6 is 0 Å². The quantitative estimate of drug-likeness (QED) is 0.421. The molecule has 13 nitrogen and oxygen atoms in total. The van der Waals surface area contributed by atoms with Crippen molar-refractivity contribution in [1.82, 2.24) is 44.4 Å². The predicted octanol–water partition coefficient (Wildman–Crippen LogP) is -2.41. The molecule has 0 aliphatic heterocycles. The average molecular weight is 403 g/mol. The summed E-state index contributed by atoms with van der Waals surface area (Å²) in [6.07, 6.45) is 3.90. The number of nitrogens with one attached hydrogen (secondary N) is 1. The second kappa shape index (κ2) is 8.60. The number of aliphatic hydroxyl groups excluding tert-OH is 1. The molecule has 0 saturated heterocycles. The Morgan fingerprint density at radius 2 is 2.14 bits per heavy atom. The summed E-state index contributed by atoms with van der Waals surface area (Å²) >= 11 is 0. The van der Waals surface area contributed by atoms with Gasteiger partial charge in [0.2, 0.25) is 0 Å². The standard InChI is InChI=1S/C16H21N9O4/c1-11(26)8-25-20-13(19-21-25)10-23-9-12(15(28)22(2)16(23)29)14(27)17-5-7-24-6-3-4-18-24/h3-4,6,9,11,26H,5,7-8,10H2,1-2H3,(H,17,27)/t11-/m1/s1. The minimum atomic E-state index is -0.700. The molecule has 3 aromatic heterocycles. The van der Waals surface area contributed by atoms with Gasteiger partial charge in [0.25, 0.3) is 11.5 Å². The van der Waals surface area contributed by atoms with Crippen LogP contribution < -0.4 is 16.6 Å². The van der Waals surface area contributed by atoms with Crippen LogP contribution in [-0.2, 0) is 26.7 Å². The van der Waals surface area contributed by atoms with Gasteiger partial charge in [0, 0.05) is 32.2 Å². The Balaban J connectivity index is 1.77. The molecule has 0 aromatic carbocycles. The molecule has 3 aromatic rings. The number of hydrogen-bond donors (Lipinski definition) is 2. The van der Waals surface area contributed by atoms with Gasteiger partial charge in [-0.1, -0.05) is 0 Å². The maximum Gasteiger partial charge on any atom is 0.331 e. The lowest BCUT2D eigenvalue weighted by molar-refractivity contribution is 0.0948. The fourth-order valence-electron chi connectivity index (χ4n) is 2.61. The molecule has 1 atom stereocenters. The van der Waals surface area contributed by atoms with Gasteiger partial charge < -0.3 is 10.4 Å². The van der Waals surface area contributed by atoms with Gasteiger partial charge in [-0.05, 0) is 18.2 Å². The summed E-state index contributed by atoms with van der Waals surface area (Å²) in [6, 6.07) is 1.76. The van der Waals surface area contributed by atoms with Crippen molar-refractivity contribution < 1.29 is 9.90 Å². The van der Waals surface area contributed by atoms with Crippen molar-refractivity contribution in [2.24, 2.45) is 7.05 Å². The van der Waals surface area contributed by atoms with Gasteiger partial charge in [-0.3, -0.25) is 23.4 Å². The molecule has 0 aliphatic carbocycles. The third kappa shape index (κ3) is 4.82. The highest BCUT2D eigenvalue weighted by atomic mass is 16.3. The molecule has 0 saturated carbocycles. The number of amides is 1. The van der Waals surface area contributed by atoms with E-state index in [1.807, 2.05) is 0 Å². The molecule has 154 valence electrons. The van der Waals surface area contributed by atoms with Crippen LogP contribution in [0.1, 0.15) is 23.1 Å². The number of carbonyl (C=O) groups is 1. The van der Waals surface area contributed by atoms with Gasteiger partial charge in [0.05, 0.1) is 25.7 Å². The van der Waals surface area contributed by atoms with Gasteiger partial charge in [-0.25, -0.2) is 4.79 Å². The predicted molar refractivity (Wildman–Crippen MR) is 99.1 cm³/mol. The van der Waals surface area contributed by atoms with Crippen LogP contribution in [0.2, 0.25) is 0 Å². The molecule has 3 heterocycles. The molecule has 13 heteroatoms. The molecule has 29 heavy (non-hydrogen) atoms. The summed E-state index contributed by atoms with van der Waals surface area (Å²) in [7, 11) is 1.29. The van der Waals surface area contributed by atoms with E-state index >= 15 is 0 Å². The number of aromatic nitrogens is 8. The first-order chi connectivity index (χ1) is 13.8. The second-order valence-corrected chi connectivity index (χ2v) is 6.45. The number of aliphatic hydroxyl groups is 1. The lowest BCUT2D eigenvalue weighted by Crippen LogP contribution is -2.43. The van der Waals surface area contributed by atoms with Gasteiger partial charge in [-0.15, -0.1) is 10.2 Å². The Morgan fingerprint density at radius 1 is 1.34 bits per heavy atom. The first kappa shape index (κ1) is 20.1. The van der Waals surface area contributed by atoms with Crippen LogP contribution in [0.15, 0.2) is 34.2 Å². The van der Waals surface area contributed by atoms with Crippen LogP contribution in [0.4, 0.5) is 0 Å². The molecular formula is C16H21N9O4. The monoisotopic (exact) mass is 403 g/mol. The van der Waals surface area contributed by atoms with Crippen LogP contribution in [-0.4, -0.2) is 62.8 Å². The average Bonchev–Trinajstić information content (AvgIpc) is 3.33. The first-order valence-electron chi connectivity index (χ1n) is 8.86. The van der Waals surface area contributed by atoms with Gasteiger partial charge in [-0.2, -0.15) is 9.90 Å². The summed E-state index contributed by atoms with van der Waals surface area (Å²) in [4.78, 5) is 38.4. The number of rotatable bonds is 8. The fraction of sp³-hybridized carbons (Fsp3) is 0.438. The van der Waals surface area contributed by atoms with Crippen molar-refractivity contribution in [3.05, 3.63) is 56.9 Å². The number of hydrogen-bond acceptors (Lipinski definition) is 8. The molecule has 0 radical (unpaired) electrons. The highest BCUT2D eigenvalue weighted by Gasteiger charge is 2.17. The SMILES string of the molecule is C[C@@H](O)Cn1nnc(Cn2cc(C(=O)NCCn3cccn3)c(=O)n(C)c2=O)n1. The molecule has 0 aliphatic rings. The Hall–Kier alpha value is -3.61. The largest absolute Gasteiger partial charge is 0.391 e. The van der Waals surface area contributed by atoms with Crippen molar-refractivity contribution in [3.8, 4) is 0 Å². The smallest absolute Gasteiger partial charge is 0.331 e. The van der Waals surface area contributed by atoms with Crippen LogP contribution in [0, 0.1) is 0 Å². The van der Waals surface area contributed by atoms with Crippen molar-refractivity contribution in [2.45, 2.75) is 32.7 Å². The zero-order valence-corrected chi connectivity index (χ0v) is 16.0. The third-order valence-corrected chi connectivity index (χ3v) is 4.02. The van der Waals surface area contributed by atoms with E-state index in [2.05, 4.69) is 25.8 Å². The molecule has 1 amide bonds. The second-order valence-electron chi connectivity index (χ2n) is 6.45. The number of carbonyl (C=O) groups excluding carboxylic acids is 1. The van der Waals surface area contributed by atoms with Crippen molar-refractivity contribution >= 4 is 5.91 Å². The number of tetrazole rings is 1. The summed E-state index contributed by atoms with van der Waals surface area (Å²) < 4.78 is 3.65. The van der Waals surface area contributed by atoms with Crippen molar-refractivity contribution in [1.29, 1.82) is 0 Å². The topological polar surface area (TPSA) is 155 Å². The molecule has 2 N–H and O–H groups in total. The molecule has 0 unspecified atom stereocenters. The lowest BCUT2D eigenvalue weighted by atomic mass is 10.3. The molecule has 3 rings (SSSR count). The minimum Gasteiger partial charge on any atom is -0.391 e. The molecule has 0 bridgehead atoms. The summed E-state index contributed by atoms with van der Waals surface area (Å²) in [5, 5.41) is 27.7. The molecule has 0 fully saturated rings. The van der Waals surface area contributed by atoms with E-state index < -0.39 is 23.3 Å². The summed E-state index contributed by atoms with van der Waals surface area (Å²) in [5.41, 5.74) is -1.49. The molecular weight excluding hydrogens is 382 g/mol. The number of nitrogens with zero attached hydrogens (tertiary/aromatic N) is 8. The lowest BCUT2D eigenvalue weighted by Gasteiger charge is -2.10. The molecule has 0 spiro atoms. The van der Waals surface area contributed by atoms with E-state index in [1.165, 1.54) is 18.0 Å². The minimum absolute atomic E-state index is 0.0830. The Bertz CT molecular complexity index is 1090. The maximum atomic E-state index is 12.4. The van der Waals surface area contributed by atoms with E-state index in [1.54, 1.807) is 30.1 Å². The van der Waals surface area contributed by atoms with Crippen molar-refractivity contribution in [3.63, 3.8) is 0 Å².